The van der Waals surface area contributed by atoms with Gasteiger partial charge < -0.3 is 4.57 Å². The van der Waals surface area contributed by atoms with Crippen molar-refractivity contribution in [2.24, 2.45) is 12.0 Å². The number of fused-ring (bicyclic) bond motifs is 1. The summed E-state index contributed by atoms with van der Waals surface area (Å²) in [5, 5.41) is 0. The van der Waals surface area contributed by atoms with Gasteiger partial charge in [-0.05, 0) is 43.2 Å². The van der Waals surface area contributed by atoms with Crippen LogP contribution in [0.5, 0.6) is 0 Å². The molecule has 1 saturated carbocycles. The van der Waals surface area contributed by atoms with Crippen LogP contribution in [0.25, 0.3) is 10.2 Å². The maximum atomic E-state index is 13.1. The molecule has 0 atom stereocenters. The molecular weight excluding hydrogens is 418 g/mol. The van der Waals surface area contributed by atoms with Crippen LogP contribution in [0.3, 0.4) is 0 Å². The van der Waals surface area contributed by atoms with Gasteiger partial charge in [0, 0.05) is 25.7 Å². The number of rotatable bonds is 4. The third-order valence-corrected chi connectivity index (χ3v) is 8.78. The van der Waals surface area contributed by atoms with Crippen LogP contribution in [0.2, 0.25) is 0 Å². The average Bonchev–Trinajstić information content (AvgIpc) is 3.09. The summed E-state index contributed by atoms with van der Waals surface area (Å²) in [6.07, 6.45) is 5.02. The van der Waals surface area contributed by atoms with E-state index in [1.807, 2.05) is 35.9 Å². The van der Waals surface area contributed by atoms with Crippen molar-refractivity contribution in [2.45, 2.75) is 43.0 Å². The molecular formula is C22H25N3O3S2. The van der Waals surface area contributed by atoms with Gasteiger partial charge in [-0.2, -0.15) is 9.30 Å². The van der Waals surface area contributed by atoms with E-state index in [9.17, 15) is 13.2 Å². The van der Waals surface area contributed by atoms with Gasteiger partial charge in [-0.15, -0.1) is 0 Å². The third-order valence-electron chi connectivity index (χ3n) is 5.76. The number of amides is 1. The predicted molar refractivity (Wildman–Crippen MR) is 119 cm³/mol. The highest BCUT2D eigenvalue weighted by atomic mass is 32.2. The van der Waals surface area contributed by atoms with E-state index in [1.54, 1.807) is 25.2 Å². The standard InChI is InChI=1S/C22H25N3O3S2/c1-24-19-13-6-7-14-20(19)29-22(24)23-21(26)16-9-8-12-18(15-16)30(27,28)25(2)17-10-4-3-5-11-17/h6-9,12-15,17H,3-5,10-11H2,1-2H3. The van der Waals surface area contributed by atoms with Crippen molar-refractivity contribution in [1.82, 2.24) is 8.87 Å². The fraction of sp³-hybridized carbons (Fsp3) is 0.364. The topological polar surface area (TPSA) is 71.7 Å². The van der Waals surface area contributed by atoms with Crippen molar-refractivity contribution in [3.8, 4) is 0 Å². The maximum absolute atomic E-state index is 13.1. The molecule has 1 aliphatic carbocycles. The normalized spacial score (nSPS) is 16.4. The molecule has 1 fully saturated rings. The first kappa shape index (κ1) is 21.0. The van der Waals surface area contributed by atoms with Gasteiger partial charge in [-0.1, -0.05) is 48.8 Å². The SMILES string of the molecule is CN(C1CCCCC1)S(=O)(=O)c1cccc(C(=O)N=c2sc3ccccc3n2C)c1. The zero-order chi connectivity index (χ0) is 21.3. The fourth-order valence-corrected chi connectivity index (χ4v) is 6.42. The van der Waals surface area contributed by atoms with Gasteiger partial charge in [0.1, 0.15) is 0 Å². The summed E-state index contributed by atoms with van der Waals surface area (Å²) in [7, 11) is -0.153. The first-order valence-corrected chi connectivity index (χ1v) is 12.4. The van der Waals surface area contributed by atoms with E-state index in [0.717, 1.165) is 42.3 Å². The van der Waals surface area contributed by atoms with E-state index < -0.39 is 15.9 Å². The molecule has 4 rings (SSSR count). The Bertz CT molecular complexity index is 1250. The molecule has 3 aromatic rings. The molecule has 1 aromatic heterocycles. The predicted octanol–water partition coefficient (Wildman–Crippen LogP) is 3.93. The number of thiazole rings is 1. The zero-order valence-corrected chi connectivity index (χ0v) is 18.7. The highest BCUT2D eigenvalue weighted by Gasteiger charge is 2.29. The van der Waals surface area contributed by atoms with E-state index in [1.165, 1.54) is 21.7 Å². The molecule has 0 radical (unpaired) electrons. The number of hydrogen-bond acceptors (Lipinski definition) is 4. The first-order valence-electron chi connectivity index (χ1n) is 10.1. The van der Waals surface area contributed by atoms with Gasteiger partial charge in [-0.25, -0.2) is 8.42 Å². The van der Waals surface area contributed by atoms with Crippen molar-refractivity contribution in [2.75, 3.05) is 7.05 Å². The largest absolute Gasteiger partial charge is 0.319 e. The maximum Gasteiger partial charge on any atom is 0.279 e. The number of sulfonamides is 1. The van der Waals surface area contributed by atoms with Gasteiger partial charge in [-0.3, -0.25) is 4.79 Å². The van der Waals surface area contributed by atoms with Crippen LogP contribution in [0.15, 0.2) is 58.4 Å². The number of carbonyl (C=O) groups is 1. The number of hydrogen-bond donors (Lipinski definition) is 0. The molecule has 0 bridgehead atoms. The van der Waals surface area contributed by atoms with Gasteiger partial charge in [0.2, 0.25) is 10.0 Å². The zero-order valence-electron chi connectivity index (χ0n) is 17.1. The lowest BCUT2D eigenvalue weighted by Crippen LogP contribution is -2.38. The Morgan fingerprint density at radius 1 is 1.10 bits per heavy atom. The van der Waals surface area contributed by atoms with Crippen molar-refractivity contribution < 1.29 is 13.2 Å². The second-order valence-corrected chi connectivity index (χ2v) is 10.7. The quantitative estimate of drug-likeness (QED) is 0.613. The molecule has 1 heterocycles. The van der Waals surface area contributed by atoms with Crippen molar-refractivity contribution >= 4 is 37.5 Å². The number of nitrogens with zero attached hydrogens (tertiary/aromatic N) is 3. The summed E-state index contributed by atoms with van der Waals surface area (Å²) in [5.41, 5.74) is 1.27. The Kier molecular flexibility index (Phi) is 5.90. The second-order valence-electron chi connectivity index (χ2n) is 7.67. The minimum atomic E-state index is -3.66. The van der Waals surface area contributed by atoms with Crippen molar-refractivity contribution in [3.05, 3.63) is 58.9 Å². The smallest absolute Gasteiger partial charge is 0.279 e. The van der Waals surface area contributed by atoms with Gasteiger partial charge in [0.05, 0.1) is 15.1 Å². The van der Waals surface area contributed by atoms with Crippen LogP contribution in [-0.2, 0) is 17.1 Å². The van der Waals surface area contributed by atoms with E-state index in [0.29, 0.717) is 4.80 Å². The molecule has 30 heavy (non-hydrogen) atoms. The van der Waals surface area contributed by atoms with Gasteiger partial charge in [0.25, 0.3) is 5.91 Å². The summed E-state index contributed by atoms with van der Waals surface area (Å²) in [4.78, 5) is 17.8. The van der Waals surface area contributed by atoms with Crippen LogP contribution in [-0.4, -0.2) is 36.3 Å². The Labute approximate surface area is 180 Å². The van der Waals surface area contributed by atoms with E-state index in [2.05, 4.69) is 4.99 Å². The van der Waals surface area contributed by atoms with Gasteiger partial charge in [0.15, 0.2) is 4.80 Å². The summed E-state index contributed by atoms with van der Waals surface area (Å²) < 4.78 is 30.6. The molecule has 0 saturated heterocycles. The number of benzene rings is 2. The molecule has 0 spiro atoms. The number of carbonyl (C=O) groups excluding carboxylic acids is 1. The Hall–Kier alpha value is -2.29. The van der Waals surface area contributed by atoms with Crippen LogP contribution < -0.4 is 4.80 Å². The molecule has 158 valence electrons. The first-order chi connectivity index (χ1) is 14.4. The van der Waals surface area contributed by atoms with Crippen LogP contribution >= 0.6 is 11.3 Å². The van der Waals surface area contributed by atoms with Crippen molar-refractivity contribution in [1.29, 1.82) is 0 Å². The Morgan fingerprint density at radius 2 is 1.83 bits per heavy atom. The molecule has 0 aliphatic heterocycles. The molecule has 1 aliphatic rings. The molecule has 0 N–H and O–H groups in total. The summed E-state index contributed by atoms with van der Waals surface area (Å²) in [6, 6.07) is 14.1. The average molecular weight is 444 g/mol. The molecule has 6 nitrogen and oxygen atoms in total. The lowest BCUT2D eigenvalue weighted by Gasteiger charge is -2.30. The highest BCUT2D eigenvalue weighted by molar-refractivity contribution is 7.89. The molecule has 0 unspecified atom stereocenters. The Balaban J connectivity index is 1.65. The van der Waals surface area contributed by atoms with E-state index in [4.69, 9.17) is 0 Å². The number of aromatic nitrogens is 1. The Morgan fingerprint density at radius 3 is 2.57 bits per heavy atom. The van der Waals surface area contributed by atoms with Crippen LogP contribution in [0, 0.1) is 0 Å². The lowest BCUT2D eigenvalue weighted by atomic mass is 9.96. The lowest BCUT2D eigenvalue weighted by molar-refractivity contribution is 0.0997. The minimum Gasteiger partial charge on any atom is -0.319 e. The number of para-hydroxylation sites is 1. The van der Waals surface area contributed by atoms with E-state index in [-0.39, 0.29) is 16.5 Å². The highest BCUT2D eigenvalue weighted by Crippen LogP contribution is 2.27. The second kappa shape index (κ2) is 8.45. The van der Waals surface area contributed by atoms with Crippen LogP contribution in [0.4, 0.5) is 0 Å². The molecule has 2 aromatic carbocycles. The van der Waals surface area contributed by atoms with Crippen molar-refractivity contribution in [3.63, 3.8) is 0 Å². The molecule has 1 amide bonds. The van der Waals surface area contributed by atoms with Gasteiger partial charge >= 0.3 is 0 Å². The monoisotopic (exact) mass is 443 g/mol. The minimum absolute atomic E-state index is 0.0189. The fourth-order valence-electron chi connectivity index (χ4n) is 3.94. The summed E-state index contributed by atoms with van der Waals surface area (Å²) >= 11 is 1.43. The summed E-state index contributed by atoms with van der Waals surface area (Å²) in [5.74, 6) is -0.450. The van der Waals surface area contributed by atoms with E-state index >= 15 is 0 Å². The number of aryl methyl sites for hydroxylation is 1. The van der Waals surface area contributed by atoms with Crippen LogP contribution in [0.1, 0.15) is 42.5 Å². The third kappa shape index (κ3) is 3.99. The summed E-state index contributed by atoms with van der Waals surface area (Å²) in [6.45, 7) is 0. The molecule has 8 heteroatoms.